The Morgan fingerprint density at radius 1 is 1.00 bits per heavy atom. The van der Waals surface area contributed by atoms with Gasteiger partial charge < -0.3 is 4.57 Å². The lowest BCUT2D eigenvalue weighted by molar-refractivity contribution is -0.137. The van der Waals surface area contributed by atoms with Gasteiger partial charge in [0.15, 0.2) is 0 Å². The Morgan fingerprint density at radius 3 is 2.39 bits per heavy atom. The number of benzene rings is 3. The molecule has 6 heteroatoms. The zero-order chi connectivity index (χ0) is 23.8. The average molecular weight is 465 g/mol. The molecule has 0 amide bonds. The number of nitriles is 1. The highest BCUT2D eigenvalue weighted by atomic mass is 35.5. The molecular weight excluding hydrogens is 445 g/mol. The van der Waals surface area contributed by atoms with Crippen LogP contribution in [-0.2, 0) is 12.7 Å². The monoisotopic (exact) mass is 464 g/mol. The normalized spacial score (nSPS) is 12.2. The van der Waals surface area contributed by atoms with Gasteiger partial charge in [-0.2, -0.15) is 18.4 Å². The Morgan fingerprint density at radius 2 is 1.73 bits per heavy atom. The van der Waals surface area contributed by atoms with Crippen LogP contribution in [0.1, 0.15) is 33.4 Å². The highest BCUT2D eigenvalue weighted by Gasteiger charge is 2.30. The van der Waals surface area contributed by atoms with Crippen LogP contribution in [0.15, 0.2) is 66.9 Å². The Balaban J connectivity index is 1.82. The molecule has 0 atom stereocenters. The molecule has 4 rings (SSSR count). The summed E-state index contributed by atoms with van der Waals surface area (Å²) in [6.07, 6.45) is -0.761. The van der Waals surface area contributed by atoms with Crippen molar-refractivity contribution in [3.05, 3.63) is 105 Å². The molecule has 1 aromatic heterocycles. The molecule has 166 valence electrons. The number of hydrogen-bond donors (Lipinski definition) is 0. The molecule has 2 nitrogen and oxygen atoms in total. The van der Waals surface area contributed by atoms with Crippen molar-refractivity contribution in [2.75, 3.05) is 0 Å². The summed E-state index contributed by atoms with van der Waals surface area (Å²) in [7, 11) is 0. The lowest BCUT2D eigenvalue weighted by Gasteiger charge is -2.12. The molecule has 3 aromatic carbocycles. The zero-order valence-corrected chi connectivity index (χ0v) is 18.8. The summed E-state index contributed by atoms with van der Waals surface area (Å²) >= 11 is 6.23. The fourth-order valence-electron chi connectivity index (χ4n) is 3.92. The molecule has 33 heavy (non-hydrogen) atoms. The van der Waals surface area contributed by atoms with Gasteiger partial charge in [0.1, 0.15) is 0 Å². The van der Waals surface area contributed by atoms with Crippen molar-refractivity contribution in [3.8, 4) is 6.07 Å². The maximum atomic E-state index is 13.3. The van der Waals surface area contributed by atoms with Crippen LogP contribution in [-0.4, -0.2) is 4.57 Å². The molecule has 0 spiro atoms. The lowest BCUT2D eigenvalue weighted by atomic mass is 10.0. The first-order valence-corrected chi connectivity index (χ1v) is 10.7. The fraction of sp³-hybridized carbons (Fsp3) is 0.148. The smallest absolute Gasteiger partial charge is 0.342 e. The van der Waals surface area contributed by atoms with Gasteiger partial charge in [0.25, 0.3) is 0 Å². The van der Waals surface area contributed by atoms with E-state index in [2.05, 4.69) is 6.07 Å². The van der Waals surface area contributed by atoms with Crippen LogP contribution in [0.25, 0.3) is 22.6 Å². The number of aryl methyl sites for hydroxylation is 2. The van der Waals surface area contributed by atoms with E-state index in [0.29, 0.717) is 21.7 Å². The second-order valence-electron chi connectivity index (χ2n) is 8.11. The standard InChI is InChI=1S/C27H20ClF3N2/c1-17-3-5-20(6-4-17)21(14-32)12-22-16-33(26-13-24(28)7-8-25(22)26)15-19-9-18(2)10-23(11-19)27(29,30)31/h3-13,16H,15H2,1-2H3/b21-12+. The SMILES string of the molecule is Cc1ccc(/C(C#N)=C/c2cn(Cc3cc(C)cc(C(F)(F)F)c3)c3cc(Cl)ccc23)cc1. The number of alkyl halides is 3. The third kappa shape index (κ3) is 4.97. The van der Waals surface area contributed by atoms with E-state index in [9.17, 15) is 18.4 Å². The fourth-order valence-corrected chi connectivity index (χ4v) is 4.09. The van der Waals surface area contributed by atoms with E-state index in [-0.39, 0.29) is 6.54 Å². The summed E-state index contributed by atoms with van der Waals surface area (Å²) in [5.74, 6) is 0. The summed E-state index contributed by atoms with van der Waals surface area (Å²) in [5.41, 5.74) is 4.38. The number of allylic oxidation sites excluding steroid dienone is 1. The summed E-state index contributed by atoms with van der Waals surface area (Å²) < 4.78 is 41.8. The average Bonchev–Trinajstić information content (AvgIpc) is 3.08. The molecule has 4 aromatic rings. The predicted molar refractivity (Wildman–Crippen MR) is 127 cm³/mol. The van der Waals surface area contributed by atoms with Crippen LogP contribution in [0.5, 0.6) is 0 Å². The summed E-state index contributed by atoms with van der Waals surface area (Å²) in [4.78, 5) is 0. The molecule has 0 aliphatic carbocycles. The van der Waals surface area contributed by atoms with E-state index >= 15 is 0 Å². The van der Waals surface area contributed by atoms with Crippen molar-refractivity contribution in [1.82, 2.24) is 4.57 Å². The summed E-state index contributed by atoms with van der Waals surface area (Å²) in [6.45, 7) is 3.87. The molecule has 0 aliphatic heterocycles. The van der Waals surface area contributed by atoms with Crippen LogP contribution in [0.3, 0.4) is 0 Å². The Bertz CT molecular complexity index is 1400. The lowest BCUT2D eigenvalue weighted by Crippen LogP contribution is -2.07. The molecule has 0 N–H and O–H groups in total. The van der Waals surface area contributed by atoms with Crippen LogP contribution < -0.4 is 0 Å². The minimum atomic E-state index is -4.41. The predicted octanol–water partition coefficient (Wildman–Crippen LogP) is 8.04. The molecule has 0 fully saturated rings. The van der Waals surface area contributed by atoms with E-state index in [1.54, 1.807) is 31.2 Å². The maximum absolute atomic E-state index is 13.3. The molecule has 0 aliphatic rings. The van der Waals surface area contributed by atoms with Gasteiger partial charge >= 0.3 is 6.18 Å². The van der Waals surface area contributed by atoms with Crippen molar-refractivity contribution < 1.29 is 13.2 Å². The quantitative estimate of drug-likeness (QED) is 0.281. The van der Waals surface area contributed by atoms with Crippen LogP contribution in [0.2, 0.25) is 5.02 Å². The van der Waals surface area contributed by atoms with E-state index in [1.807, 2.05) is 48.0 Å². The zero-order valence-electron chi connectivity index (χ0n) is 18.0. The van der Waals surface area contributed by atoms with Crippen molar-refractivity contribution in [1.29, 1.82) is 5.26 Å². The van der Waals surface area contributed by atoms with Crippen molar-refractivity contribution in [3.63, 3.8) is 0 Å². The molecule has 0 radical (unpaired) electrons. The minimum absolute atomic E-state index is 0.238. The van der Waals surface area contributed by atoms with Crippen molar-refractivity contribution >= 4 is 34.2 Å². The van der Waals surface area contributed by atoms with Crippen molar-refractivity contribution in [2.45, 2.75) is 26.6 Å². The van der Waals surface area contributed by atoms with Gasteiger partial charge in [-0.1, -0.05) is 59.1 Å². The molecular formula is C27H20ClF3N2. The van der Waals surface area contributed by atoms with Gasteiger partial charge in [-0.3, -0.25) is 0 Å². The molecule has 0 bridgehead atoms. The number of halogens is 4. The second kappa shape index (κ2) is 8.80. The topological polar surface area (TPSA) is 28.7 Å². The number of rotatable bonds is 4. The maximum Gasteiger partial charge on any atom is 0.416 e. The Hall–Kier alpha value is -3.49. The summed E-state index contributed by atoms with van der Waals surface area (Å²) in [6, 6.07) is 19.4. The van der Waals surface area contributed by atoms with Gasteiger partial charge in [-0.15, -0.1) is 0 Å². The number of aromatic nitrogens is 1. The minimum Gasteiger partial charge on any atom is -0.342 e. The first-order chi connectivity index (χ1) is 15.6. The van der Waals surface area contributed by atoms with Crippen LogP contribution in [0.4, 0.5) is 13.2 Å². The van der Waals surface area contributed by atoms with Gasteiger partial charge in [0.05, 0.1) is 22.7 Å². The number of hydrogen-bond acceptors (Lipinski definition) is 1. The van der Waals surface area contributed by atoms with Gasteiger partial charge in [0.2, 0.25) is 0 Å². The Labute approximate surface area is 195 Å². The van der Waals surface area contributed by atoms with Gasteiger partial charge in [-0.25, -0.2) is 0 Å². The molecule has 1 heterocycles. The third-order valence-electron chi connectivity index (χ3n) is 5.48. The molecule has 0 unspecified atom stereocenters. The van der Waals surface area contributed by atoms with E-state index in [1.165, 1.54) is 6.07 Å². The van der Waals surface area contributed by atoms with E-state index < -0.39 is 11.7 Å². The summed E-state index contributed by atoms with van der Waals surface area (Å²) in [5, 5.41) is 11.1. The first kappa shape index (κ1) is 22.7. The largest absolute Gasteiger partial charge is 0.416 e. The second-order valence-corrected chi connectivity index (χ2v) is 8.55. The third-order valence-corrected chi connectivity index (χ3v) is 5.71. The van der Waals surface area contributed by atoms with E-state index in [0.717, 1.165) is 33.7 Å². The highest BCUT2D eigenvalue weighted by molar-refractivity contribution is 6.31. The molecule has 0 saturated heterocycles. The molecule has 0 saturated carbocycles. The number of fused-ring (bicyclic) bond motifs is 1. The van der Waals surface area contributed by atoms with Crippen LogP contribution in [0, 0.1) is 25.2 Å². The van der Waals surface area contributed by atoms with E-state index in [4.69, 9.17) is 11.6 Å². The van der Waals surface area contributed by atoms with Crippen LogP contribution >= 0.6 is 11.6 Å². The van der Waals surface area contributed by atoms with Gasteiger partial charge in [0, 0.05) is 28.7 Å². The first-order valence-electron chi connectivity index (χ1n) is 10.3. The number of nitrogens with zero attached hydrogens (tertiary/aromatic N) is 2. The van der Waals surface area contributed by atoms with Gasteiger partial charge in [-0.05, 0) is 55.3 Å². The van der Waals surface area contributed by atoms with Crippen molar-refractivity contribution in [2.24, 2.45) is 0 Å². The highest BCUT2D eigenvalue weighted by Crippen LogP contribution is 2.32. The Kier molecular flexibility index (Phi) is 6.05.